The summed E-state index contributed by atoms with van der Waals surface area (Å²) in [5.74, 6) is -2.12. The Morgan fingerprint density at radius 2 is 2.05 bits per heavy atom. The van der Waals surface area contributed by atoms with Crippen LogP contribution in [0.3, 0.4) is 0 Å². The molecule has 0 spiro atoms. The van der Waals surface area contributed by atoms with Gasteiger partial charge in [-0.2, -0.15) is 0 Å². The van der Waals surface area contributed by atoms with Crippen LogP contribution in [0.1, 0.15) is 12.0 Å². The first-order valence-corrected chi connectivity index (χ1v) is 5.99. The SMILES string of the molecule is O=C(O)CCc1ccccc1N1CCNC(=O)C1=O. The lowest BCUT2D eigenvalue weighted by atomic mass is 10.1. The molecule has 0 unspecified atom stereocenters. The second kappa shape index (κ2) is 5.51. The number of carbonyl (C=O) groups excluding carboxylic acids is 2. The first-order chi connectivity index (χ1) is 9.09. The third kappa shape index (κ3) is 2.90. The Hall–Kier alpha value is -2.37. The van der Waals surface area contributed by atoms with Gasteiger partial charge in [0, 0.05) is 25.2 Å². The largest absolute Gasteiger partial charge is 0.481 e. The van der Waals surface area contributed by atoms with Gasteiger partial charge in [-0.25, -0.2) is 0 Å². The van der Waals surface area contributed by atoms with Crippen LogP contribution in [0.2, 0.25) is 0 Å². The highest BCUT2D eigenvalue weighted by Gasteiger charge is 2.28. The molecule has 1 fully saturated rings. The van der Waals surface area contributed by atoms with Gasteiger partial charge in [-0.15, -0.1) is 0 Å². The van der Waals surface area contributed by atoms with Crippen molar-refractivity contribution in [3.63, 3.8) is 0 Å². The molecule has 19 heavy (non-hydrogen) atoms. The molecule has 0 aromatic heterocycles. The molecule has 1 aliphatic rings. The van der Waals surface area contributed by atoms with Crippen molar-refractivity contribution < 1.29 is 19.5 Å². The second-order valence-corrected chi connectivity index (χ2v) is 4.24. The number of aryl methyl sites for hydroxylation is 1. The van der Waals surface area contributed by atoms with E-state index >= 15 is 0 Å². The van der Waals surface area contributed by atoms with Gasteiger partial charge in [-0.3, -0.25) is 14.4 Å². The van der Waals surface area contributed by atoms with E-state index in [1.54, 1.807) is 24.3 Å². The summed E-state index contributed by atoms with van der Waals surface area (Å²) in [7, 11) is 0. The van der Waals surface area contributed by atoms with Crippen LogP contribution >= 0.6 is 0 Å². The smallest absolute Gasteiger partial charge is 0.316 e. The monoisotopic (exact) mass is 262 g/mol. The maximum atomic E-state index is 11.8. The lowest BCUT2D eigenvalue weighted by Gasteiger charge is -2.28. The van der Waals surface area contributed by atoms with Gasteiger partial charge in [0.05, 0.1) is 0 Å². The molecule has 0 bridgehead atoms. The van der Waals surface area contributed by atoms with E-state index in [1.165, 1.54) is 4.90 Å². The summed E-state index contributed by atoms with van der Waals surface area (Å²) < 4.78 is 0. The van der Waals surface area contributed by atoms with Crippen LogP contribution < -0.4 is 10.2 Å². The maximum Gasteiger partial charge on any atom is 0.316 e. The topological polar surface area (TPSA) is 86.7 Å². The predicted molar refractivity (Wildman–Crippen MR) is 67.8 cm³/mol. The molecular formula is C13H14N2O4. The van der Waals surface area contributed by atoms with Crippen LogP contribution in [0, 0.1) is 0 Å². The number of nitrogens with zero attached hydrogens (tertiary/aromatic N) is 1. The van der Waals surface area contributed by atoms with Crippen molar-refractivity contribution in [2.24, 2.45) is 0 Å². The minimum absolute atomic E-state index is 0.00869. The number of carbonyl (C=O) groups is 3. The molecule has 1 heterocycles. The number of para-hydroxylation sites is 1. The fourth-order valence-electron chi connectivity index (χ4n) is 2.04. The van der Waals surface area contributed by atoms with Gasteiger partial charge < -0.3 is 15.3 Å². The number of hydrogen-bond acceptors (Lipinski definition) is 3. The van der Waals surface area contributed by atoms with E-state index in [1.807, 2.05) is 0 Å². The highest BCUT2D eigenvalue weighted by atomic mass is 16.4. The summed E-state index contributed by atoms with van der Waals surface area (Å²) in [6, 6.07) is 7.06. The number of nitrogens with one attached hydrogen (secondary N) is 1. The summed E-state index contributed by atoms with van der Waals surface area (Å²) >= 11 is 0. The van der Waals surface area contributed by atoms with Crippen LogP contribution in [-0.4, -0.2) is 36.0 Å². The van der Waals surface area contributed by atoms with Crippen molar-refractivity contribution in [3.8, 4) is 0 Å². The lowest BCUT2D eigenvalue weighted by Crippen LogP contribution is -2.52. The summed E-state index contributed by atoms with van der Waals surface area (Å²) in [5, 5.41) is 11.2. The van der Waals surface area contributed by atoms with Gasteiger partial charge in [0.2, 0.25) is 0 Å². The van der Waals surface area contributed by atoms with Crippen LogP contribution in [-0.2, 0) is 20.8 Å². The average Bonchev–Trinajstić information content (AvgIpc) is 2.40. The molecule has 1 aliphatic heterocycles. The van der Waals surface area contributed by atoms with Crippen molar-refractivity contribution in [3.05, 3.63) is 29.8 Å². The molecular weight excluding hydrogens is 248 g/mol. The van der Waals surface area contributed by atoms with Crippen LogP contribution in [0.15, 0.2) is 24.3 Å². The molecule has 6 nitrogen and oxygen atoms in total. The van der Waals surface area contributed by atoms with E-state index in [0.29, 0.717) is 25.2 Å². The van der Waals surface area contributed by atoms with Gasteiger partial charge in [-0.05, 0) is 18.1 Å². The zero-order valence-corrected chi connectivity index (χ0v) is 10.3. The molecule has 0 radical (unpaired) electrons. The van der Waals surface area contributed by atoms with Crippen molar-refractivity contribution in [2.75, 3.05) is 18.0 Å². The number of anilines is 1. The Morgan fingerprint density at radius 1 is 1.32 bits per heavy atom. The van der Waals surface area contributed by atoms with Crippen molar-refractivity contribution >= 4 is 23.5 Å². The van der Waals surface area contributed by atoms with E-state index in [-0.39, 0.29) is 6.42 Å². The molecule has 1 aromatic carbocycles. The number of piperazine rings is 1. The van der Waals surface area contributed by atoms with Crippen LogP contribution in [0.25, 0.3) is 0 Å². The molecule has 2 amide bonds. The first-order valence-electron chi connectivity index (χ1n) is 5.99. The minimum atomic E-state index is -0.891. The number of hydrogen-bond donors (Lipinski definition) is 2. The molecule has 100 valence electrons. The number of carboxylic acids is 1. The average molecular weight is 262 g/mol. The molecule has 0 atom stereocenters. The summed E-state index contributed by atoms with van der Waals surface area (Å²) in [5.41, 5.74) is 1.37. The third-order valence-electron chi connectivity index (χ3n) is 2.95. The number of carboxylic acid groups (broad SMARTS) is 1. The molecule has 1 saturated heterocycles. The normalized spacial score (nSPS) is 15.3. The fraction of sp³-hybridized carbons (Fsp3) is 0.308. The van der Waals surface area contributed by atoms with Crippen molar-refractivity contribution in [2.45, 2.75) is 12.8 Å². The molecule has 6 heteroatoms. The van der Waals surface area contributed by atoms with Crippen molar-refractivity contribution in [1.82, 2.24) is 5.32 Å². The van der Waals surface area contributed by atoms with Crippen LogP contribution in [0.4, 0.5) is 5.69 Å². The predicted octanol–water partition coefficient (Wildman–Crippen LogP) is 0.167. The molecule has 0 saturated carbocycles. The van der Waals surface area contributed by atoms with Gasteiger partial charge in [0.25, 0.3) is 0 Å². The number of rotatable bonds is 4. The summed E-state index contributed by atoms with van der Waals surface area (Å²) in [6.45, 7) is 0.798. The molecule has 2 N–H and O–H groups in total. The number of benzene rings is 1. The third-order valence-corrected chi connectivity index (χ3v) is 2.95. The molecule has 2 rings (SSSR count). The summed E-state index contributed by atoms with van der Waals surface area (Å²) in [6.07, 6.45) is 0.322. The zero-order chi connectivity index (χ0) is 13.8. The zero-order valence-electron chi connectivity index (χ0n) is 10.3. The second-order valence-electron chi connectivity index (χ2n) is 4.24. The van der Waals surface area contributed by atoms with Gasteiger partial charge in [-0.1, -0.05) is 18.2 Å². The Kier molecular flexibility index (Phi) is 3.79. The Labute approximate surface area is 110 Å². The fourth-order valence-corrected chi connectivity index (χ4v) is 2.04. The van der Waals surface area contributed by atoms with Gasteiger partial charge in [0.1, 0.15) is 0 Å². The molecule has 1 aromatic rings. The van der Waals surface area contributed by atoms with E-state index in [0.717, 1.165) is 5.56 Å². The number of aliphatic carboxylic acids is 1. The van der Waals surface area contributed by atoms with E-state index in [4.69, 9.17) is 5.11 Å². The highest BCUT2D eigenvalue weighted by molar-refractivity contribution is 6.41. The van der Waals surface area contributed by atoms with E-state index in [9.17, 15) is 14.4 Å². The lowest BCUT2D eigenvalue weighted by molar-refractivity contribution is -0.138. The molecule has 0 aliphatic carbocycles. The minimum Gasteiger partial charge on any atom is -0.481 e. The van der Waals surface area contributed by atoms with Gasteiger partial charge >= 0.3 is 17.8 Å². The standard InChI is InChI=1S/C13H14N2O4/c16-11(17)6-5-9-3-1-2-4-10(9)15-8-7-14-12(18)13(15)19/h1-4H,5-8H2,(H,14,18)(H,16,17). The number of amides is 2. The highest BCUT2D eigenvalue weighted by Crippen LogP contribution is 2.22. The maximum absolute atomic E-state index is 11.8. The quantitative estimate of drug-likeness (QED) is 0.757. The van der Waals surface area contributed by atoms with E-state index < -0.39 is 17.8 Å². The Bertz CT molecular complexity index is 527. The summed E-state index contributed by atoms with van der Waals surface area (Å²) in [4.78, 5) is 35.2. The Balaban J connectivity index is 2.25. The van der Waals surface area contributed by atoms with E-state index in [2.05, 4.69) is 5.32 Å². The first kappa shape index (κ1) is 13.1. The Morgan fingerprint density at radius 3 is 2.79 bits per heavy atom. The van der Waals surface area contributed by atoms with Crippen molar-refractivity contribution in [1.29, 1.82) is 0 Å². The van der Waals surface area contributed by atoms with Crippen LogP contribution in [0.5, 0.6) is 0 Å². The van der Waals surface area contributed by atoms with Gasteiger partial charge in [0.15, 0.2) is 0 Å².